The lowest BCUT2D eigenvalue weighted by Crippen LogP contribution is -2.59. The van der Waals surface area contributed by atoms with Gasteiger partial charge in [-0.2, -0.15) is 0 Å². The number of hydrogen-bond acceptors (Lipinski definition) is 6. The molecule has 2 aromatic rings. The zero-order chi connectivity index (χ0) is 18.0. The van der Waals surface area contributed by atoms with Crippen molar-refractivity contribution >= 4 is 5.91 Å². The molecule has 1 atom stereocenters. The minimum Gasteiger partial charge on any atom is -0.377 e. The van der Waals surface area contributed by atoms with Crippen molar-refractivity contribution in [3.05, 3.63) is 41.7 Å². The van der Waals surface area contributed by atoms with E-state index in [1.807, 2.05) is 35.2 Å². The molecule has 2 aliphatic heterocycles. The third kappa shape index (κ3) is 3.25. The zero-order valence-electron chi connectivity index (χ0n) is 14.9. The van der Waals surface area contributed by atoms with Crippen molar-refractivity contribution in [3.8, 4) is 11.3 Å². The Labute approximate surface area is 152 Å². The molecule has 7 nitrogen and oxygen atoms in total. The van der Waals surface area contributed by atoms with E-state index in [1.165, 1.54) is 0 Å². The predicted molar refractivity (Wildman–Crippen MR) is 95.0 cm³/mol. The third-order valence-electron chi connectivity index (χ3n) is 4.89. The summed E-state index contributed by atoms with van der Waals surface area (Å²) >= 11 is 0. The van der Waals surface area contributed by atoms with E-state index in [0.29, 0.717) is 56.5 Å². The lowest BCUT2D eigenvalue weighted by atomic mass is 10.0. The van der Waals surface area contributed by atoms with E-state index in [2.05, 4.69) is 10.5 Å². The highest BCUT2D eigenvalue weighted by molar-refractivity contribution is 6.00. The summed E-state index contributed by atoms with van der Waals surface area (Å²) in [5.41, 5.74) is 1.48. The van der Waals surface area contributed by atoms with Crippen LogP contribution in [0.25, 0.3) is 11.3 Å². The van der Waals surface area contributed by atoms with Crippen molar-refractivity contribution in [2.24, 2.45) is 0 Å². The number of carbonyl (C=O) groups is 1. The van der Waals surface area contributed by atoms with Gasteiger partial charge in [0.2, 0.25) is 0 Å². The first kappa shape index (κ1) is 17.2. The molecular weight excluding hydrogens is 334 g/mol. The second kappa shape index (κ2) is 7.19. The molecule has 0 radical (unpaired) electrons. The molecule has 2 aliphatic rings. The van der Waals surface area contributed by atoms with Crippen LogP contribution in [0.1, 0.15) is 16.1 Å². The molecule has 2 fully saturated rings. The van der Waals surface area contributed by atoms with E-state index >= 15 is 0 Å². The monoisotopic (exact) mass is 357 g/mol. The second-order valence-corrected chi connectivity index (χ2v) is 6.82. The summed E-state index contributed by atoms with van der Waals surface area (Å²) in [7, 11) is 0. The van der Waals surface area contributed by atoms with E-state index in [9.17, 15) is 4.79 Å². The Morgan fingerprint density at radius 3 is 2.96 bits per heavy atom. The van der Waals surface area contributed by atoms with Gasteiger partial charge in [-0.3, -0.25) is 4.79 Å². The highest BCUT2D eigenvalue weighted by Gasteiger charge is 2.40. The van der Waals surface area contributed by atoms with Crippen molar-refractivity contribution in [1.82, 2.24) is 15.4 Å². The van der Waals surface area contributed by atoms with Gasteiger partial charge in [-0.15, -0.1) is 0 Å². The molecule has 0 bridgehead atoms. The Kier molecular flexibility index (Phi) is 4.76. The number of aryl methyl sites for hydroxylation is 1. The van der Waals surface area contributed by atoms with E-state index < -0.39 is 5.60 Å². The molecule has 4 rings (SSSR count). The van der Waals surface area contributed by atoms with Crippen molar-refractivity contribution in [3.63, 3.8) is 0 Å². The molecule has 7 heteroatoms. The molecule has 1 N–H and O–H groups in total. The number of amides is 1. The van der Waals surface area contributed by atoms with Gasteiger partial charge >= 0.3 is 0 Å². The fourth-order valence-corrected chi connectivity index (χ4v) is 3.56. The first-order chi connectivity index (χ1) is 12.7. The van der Waals surface area contributed by atoms with E-state index in [4.69, 9.17) is 14.0 Å². The highest BCUT2D eigenvalue weighted by atomic mass is 16.5. The van der Waals surface area contributed by atoms with Crippen LogP contribution in [0.4, 0.5) is 0 Å². The summed E-state index contributed by atoms with van der Waals surface area (Å²) in [6.45, 7) is 5.89. The van der Waals surface area contributed by atoms with Crippen molar-refractivity contribution < 1.29 is 18.8 Å². The fraction of sp³-hybridized carbons (Fsp3) is 0.474. The quantitative estimate of drug-likeness (QED) is 0.877. The number of nitrogens with one attached hydrogen (secondary N) is 1. The number of nitrogens with zero attached hydrogens (tertiary/aromatic N) is 2. The maximum atomic E-state index is 13.3. The highest BCUT2D eigenvalue weighted by Crippen LogP contribution is 2.28. The number of benzene rings is 1. The smallest absolute Gasteiger partial charge is 0.259 e. The molecule has 138 valence electrons. The minimum atomic E-state index is -0.498. The number of morpholine rings is 1. The molecule has 1 spiro atoms. The van der Waals surface area contributed by atoms with Gasteiger partial charge in [-0.25, -0.2) is 0 Å². The molecule has 0 saturated carbocycles. The molecule has 1 amide bonds. The van der Waals surface area contributed by atoms with Gasteiger partial charge in [0.05, 0.1) is 26.4 Å². The fourth-order valence-electron chi connectivity index (χ4n) is 3.56. The molecular formula is C19H23N3O4. The Hall–Kier alpha value is -2.22. The molecule has 26 heavy (non-hydrogen) atoms. The van der Waals surface area contributed by atoms with Crippen LogP contribution in [0.3, 0.4) is 0 Å². The number of hydrogen-bond donors (Lipinski definition) is 1. The van der Waals surface area contributed by atoms with Crippen LogP contribution in [0.15, 0.2) is 34.9 Å². The first-order valence-corrected chi connectivity index (χ1v) is 8.92. The summed E-state index contributed by atoms with van der Waals surface area (Å²) in [6.07, 6.45) is 0. The molecule has 1 unspecified atom stereocenters. The van der Waals surface area contributed by atoms with Gasteiger partial charge in [0.1, 0.15) is 22.6 Å². The summed E-state index contributed by atoms with van der Waals surface area (Å²) in [5.74, 6) is 0.458. The molecule has 0 aliphatic carbocycles. The lowest BCUT2D eigenvalue weighted by molar-refractivity contribution is -0.125. The standard InChI is InChI=1S/C19H23N3O4/c1-14-16(17(21-26-14)15-5-3-2-4-6-15)18(23)22-8-10-25-19(12-22)11-20-7-9-24-13-19/h2-6,20H,7-13H2,1H3. The average molecular weight is 357 g/mol. The maximum Gasteiger partial charge on any atom is 0.259 e. The predicted octanol–water partition coefficient (Wildman–Crippen LogP) is 1.48. The van der Waals surface area contributed by atoms with Gasteiger partial charge < -0.3 is 24.2 Å². The van der Waals surface area contributed by atoms with Crippen molar-refractivity contribution in [1.29, 1.82) is 0 Å². The van der Waals surface area contributed by atoms with E-state index in [-0.39, 0.29) is 5.91 Å². The van der Waals surface area contributed by atoms with Crippen LogP contribution in [-0.2, 0) is 9.47 Å². The normalized spacial score (nSPS) is 23.8. The summed E-state index contributed by atoms with van der Waals surface area (Å²) < 4.78 is 17.0. The Morgan fingerprint density at radius 1 is 1.27 bits per heavy atom. The maximum absolute atomic E-state index is 13.3. The molecule has 1 aromatic carbocycles. The van der Waals surface area contributed by atoms with Crippen LogP contribution in [0.5, 0.6) is 0 Å². The number of carbonyl (C=O) groups excluding carboxylic acids is 1. The van der Waals surface area contributed by atoms with Crippen LogP contribution < -0.4 is 5.32 Å². The Balaban J connectivity index is 1.61. The Bertz CT molecular complexity index is 766. The number of rotatable bonds is 2. The SMILES string of the molecule is Cc1onc(-c2ccccc2)c1C(=O)N1CCOC2(CNCCOC2)C1. The van der Waals surface area contributed by atoms with Crippen molar-refractivity contribution in [2.45, 2.75) is 12.5 Å². The zero-order valence-corrected chi connectivity index (χ0v) is 14.9. The Morgan fingerprint density at radius 2 is 2.12 bits per heavy atom. The van der Waals surface area contributed by atoms with Crippen molar-refractivity contribution in [2.75, 3.05) is 46.0 Å². The van der Waals surface area contributed by atoms with Crippen LogP contribution in [0, 0.1) is 6.92 Å². The second-order valence-electron chi connectivity index (χ2n) is 6.82. The van der Waals surface area contributed by atoms with Crippen LogP contribution >= 0.6 is 0 Å². The molecule has 1 aromatic heterocycles. The van der Waals surface area contributed by atoms with Crippen LogP contribution in [0.2, 0.25) is 0 Å². The molecule has 3 heterocycles. The van der Waals surface area contributed by atoms with Gasteiger partial charge in [-0.1, -0.05) is 35.5 Å². The average Bonchev–Trinajstić information content (AvgIpc) is 2.92. The van der Waals surface area contributed by atoms with Gasteiger partial charge in [0.15, 0.2) is 0 Å². The number of ether oxygens (including phenoxy) is 2. The number of aromatic nitrogens is 1. The van der Waals surface area contributed by atoms with Gasteiger partial charge in [0, 0.05) is 25.2 Å². The third-order valence-corrected chi connectivity index (χ3v) is 4.89. The van der Waals surface area contributed by atoms with E-state index in [1.54, 1.807) is 6.92 Å². The molecule has 2 saturated heterocycles. The summed E-state index contributed by atoms with van der Waals surface area (Å²) in [4.78, 5) is 15.1. The van der Waals surface area contributed by atoms with Crippen LogP contribution in [-0.4, -0.2) is 67.6 Å². The largest absolute Gasteiger partial charge is 0.377 e. The minimum absolute atomic E-state index is 0.0745. The summed E-state index contributed by atoms with van der Waals surface area (Å²) in [5, 5.41) is 7.46. The topological polar surface area (TPSA) is 76.8 Å². The van der Waals surface area contributed by atoms with E-state index in [0.717, 1.165) is 12.1 Å². The van der Waals surface area contributed by atoms with Gasteiger partial charge in [-0.05, 0) is 6.92 Å². The first-order valence-electron chi connectivity index (χ1n) is 8.92. The lowest BCUT2D eigenvalue weighted by Gasteiger charge is -2.41. The van der Waals surface area contributed by atoms with Gasteiger partial charge in [0.25, 0.3) is 5.91 Å². The summed E-state index contributed by atoms with van der Waals surface area (Å²) in [6, 6.07) is 9.64.